The fourth-order valence-corrected chi connectivity index (χ4v) is 2.36. The standard InChI is InChI=1S/C15H21N3O3/c1-17-15(20)13-10-21-7-6-18(13)14(19)8-11-2-4-12(9-16)5-3-11/h2-5,13H,6-10,16H2,1H3,(H,17,20). The Balaban J connectivity index is 2.04. The Bertz CT molecular complexity index is 501. The Kier molecular flexibility index (Phi) is 5.30. The number of rotatable bonds is 4. The van der Waals surface area contributed by atoms with Crippen molar-refractivity contribution < 1.29 is 14.3 Å². The quantitative estimate of drug-likeness (QED) is 0.795. The Morgan fingerprint density at radius 1 is 1.33 bits per heavy atom. The maximum absolute atomic E-state index is 12.4. The first kappa shape index (κ1) is 15.5. The van der Waals surface area contributed by atoms with E-state index in [1.807, 2.05) is 24.3 Å². The molecule has 1 aliphatic heterocycles. The fraction of sp³-hybridized carbons (Fsp3) is 0.467. The van der Waals surface area contributed by atoms with Crippen molar-refractivity contribution in [2.75, 3.05) is 26.8 Å². The third kappa shape index (κ3) is 3.80. The van der Waals surface area contributed by atoms with Crippen LogP contribution in [0.25, 0.3) is 0 Å². The summed E-state index contributed by atoms with van der Waals surface area (Å²) in [4.78, 5) is 25.8. The number of hydrogen-bond donors (Lipinski definition) is 2. The summed E-state index contributed by atoms with van der Waals surface area (Å²) in [5.41, 5.74) is 7.50. The van der Waals surface area contributed by atoms with Gasteiger partial charge in [0.05, 0.1) is 19.6 Å². The minimum Gasteiger partial charge on any atom is -0.377 e. The second-order valence-electron chi connectivity index (χ2n) is 4.99. The van der Waals surface area contributed by atoms with Crippen molar-refractivity contribution in [3.8, 4) is 0 Å². The number of morpholine rings is 1. The van der Waals surface area contributed by atoms with Gasteiger partial charge in [-0.25, -0.2) is 0 Å². The second-order valence-corrected chi connectivity index (χ2v) is 4.99. The number of benzene rings is 1. The highest BCUT2D eigenvalue weighted by molar-refractivity contribution is 5.88. The van der Waals surface area contributed by atoms with Gasteiger partial charge in [-0.1, -0.05) is 24.3 Å². The molecule has 21 heavy (non-hydrogen) atoms. The number of carbonyl (C=O) groups is 2. The Hall–Kier alpha value is -1.92. The third-order valence-corrected chi connectivity index (χ3v) is 3.61. The molecule has 2 amide bonds. The van der Waals surface area contributed by atoms with Crippen molar-refractivity contribution in [1.82, 2.24) is 10.2 Å². The highest BCUT2D eigenvalue weighted by Crippen LogP contribution is 2.12. The van der Waals surface area contributed by atoms with E-state index < -0.39 is 6.04 Å². The van der Waals surface area contributed by atoms with Gasteiger partial charge >= 0.3 is 0 Å². The smallest absolute Gasteiger partial charge is 0.244 e. The van der Waals surface area contributed by atoms with Crippen LogP contribution in [0.1, 0.15) is 11.1 Å². The average molecular weight is 291 g/mol. The number of nitrogens with two attached hydrogens (primary N) is 1. The van der Waals surface area contributed by atoms with Crippen molar-refractivity contribution in [2.45, 2.75) is 19.0 Å². The van der Waals surface area contributed by atoms with Gasteiger partial charge in [0.2, 0.25) is 11.8 Å². The Morgan fingerprint density at radius 2 is 2.00 bits per heavy atom. The number of nitrogens with one attached hydrogen (secondary N) is 1. The van der Waals surface area contributed by atoms with E-state index in [1.165, 1.54) is 0 Å². The van der Waals surface area contributed by atoms with E-state index in [-0.39, 0.29) is 24.8 Å². The van der Waals surface area contributed by atoms with Crippen LogP contribution in [0, 0.1) is 0 Å². The molecule has 0 spiro atoms. The van der Waals surface area contributed by atoms with E-state index in [4.69, 9.17) is 10.5 Å². The second kappa shape index (κ2) is 7.19. The molecule has 2 rings (SSSR count). The maximum atomic E-state index is 12.4. The average Bonchev–Trinajstić information content (AvgIpc) is 2.54. The summed E-state index contributed by atoms with van der Waals surface area (Å²) >= 11 is 0. The summed E-state index contributed by atoms with van der Waals surface area (Å²) in [5.74, 6) is -0.256. The van der Waals surface area contributed by atoms with Crippen LogP contribution in [-0.2, 0) is 27.3 Å². The van der Waals surface area contributed by atoms with E-state index in [0.717, 1.165) is 11.1 Å². The van der Waals surface area contributed by atoms with E-state index >= 15 is 0 Å². The summed E-state index contributed by atoms with van der Waals surface area (Å²) < 4.78 is 5.30. The molecule has 3 N–H and O–H groups in total. The molecule has 1 saturated heterocycles. The lowest BCUT2D eigenvalue weighted by Crippen LogP contribution is -2.55. The largest absolute Gasteiger partial charge is 0.377 e. The van der Waals surface area contributed by atoms with Crippen LogP contribution in [0.2, 0.25) is 0 Å². The van der Waals surface area contributed by atoms with Crippen LogP contribution in [0.5, 0.6) is 0 Å². The molecule has 1 aromatic carbocycles. The van der Waals surface area contributed by atoms with Gasteiger partial charge in [-0.15, -0.1) is 0 Å². The van der Waals surface area contributed by atoms with Crippen molar-refractivity contribution in [2.24, 2.45) is 5.73 Å². The van der Waals surface area contributed by atoms with E-state index in [9.17, 15) is 9.59 Å². The van der Waals surface area contributed by atoms with Gasteiger partial charge in [0.1, 0.15) is 6.04 Å². The topological polar surface area (TPSA) is 84.7 Å². The van der Waals surface area contributed by atoms with Crippen molar-refractivity contribution in [3.05, 3.63) is 35.4 Å². The van der Waals surface area contributed by atoms with Crippen LogP contribution in [-0.4, -0.2) is 49.6 Å². The zero-order chi connectivity index (χ0) is 15.2. The number of likely N-dealkylation sites (N-methyl/N-ethyl adjacent to an activating group) is 1. The molecule has 1 atom stereocenters. The van der Waals surface area contributed by atoms with Gasteiger partial charge in [0.25, 0.3) is 0 Å². The molecular weight excluding hydrogens is 270 g/mol. The highest BCUT2D eigenvalue weighted by Gasteiger charge is 2.31. The summed E-state index contributed by atoms with van der Waals surface area (Å²) in [6.45, 7) is 1.64. The molecule has 6 heteroatoms. The first-order valence-electron chi connectivity index (χ1n) is 7.02. The summed E-state index contributed by atoms with van der Waals surface area (Å²) in [6.07, 6.45) is 0.276. The molecule has 0 saturated carbocycles. The lowest BCUT2D eigenvalue weighted by atomic mass is 10.1. The van der Waals surface area contributed by atoms with Crippen LogP contribution in [0.3, 0.4) is 0 Å². The van der Waals surface area contributed by atoms with E-state index in [1.54, 1.807) is 11.9 Å². The molecule has 0 radical (unpaired) electrons. The summed E-state index contributed by atoms with van der Waals surface area (Å²) in [5, 5.41) is 2.57. The molecule has 1 heterocycles. The summed E-state index contributed by atoms with van der Waals surface area (Å²) in [6, 6.07) is 7.08. The monoisotopic (exact) mass is 291 g/mol. The van der Waals surface area contributed by atoms with Gasteiger partial charge < -0.3 is 20.7 Å². The predicted molar refractivity (Wildman–Crippen MR) is 78.4 cm³/mol. The molecule has 0 aromatic heterocycles. The zero-order valence-electron chi connectivity index (χ0n) is 12.2. The van der Waals surface area contributed by atoms with Gasteiger partial charge in [-0.05, 0) is 11.1 Å². The molecular formula is C15H21N3O3. The van der Waals surface area contributed by atoms with Crippen LogP contribution >= 0.6 is 0 Å². The molecule has 1 aromatic rings. The molecule has 1 unspecified atom stereocenters. The minimum atomic E-state index is -0.542. The number of amides is 2. The first-order valence-corrected chi connectivity index (χ1v) is 7.02. The Labute approximate surface area is 124 Å². The van der Waals surface area contributed by atoms with Gasteiger partial charge in [0, 0.05) is 20.1 Å². The normalized spacial score (nSPS) is 18.4. The van der Waals surface area contributed by atoms with Crippen molar-refractivity contribution >= 4 is 11.8 Å². The fourth-order valence-electron chi connectivity index (χ4n) is 2.36. The molecule has 114 valence electrons. The van der Waals surface area contributed by atoms with Gasteiger partial charge in [-0.3, -0.25) is 9.59 Å². The third-order valence-electron chi connectivity index (χ3n) is 3.61. The molecule has 0 aliphatic carbocycles. The minimum absolute atomic E-state index is 0.0626. The highest BCUT2D eigenvalue weighted by atomic mass is 16.5. The lowest BCUT2D eigenvalue weighted by Gasteiger charge is -2.34. The zero-order valence-corrected chi connectivity index (χ0v) is 12.2. The Morgan fingerprint density at radius 3 is 2.62 bits per heavy atom. The van der Waals surface area contributed by atoms with Crippen LogP contribution in [0.15, 0.2) is 24.3 Å². The SMILES string of the molecule is CNC(=O)C1COCCN1C(=O)Cc1ccc(CN)cc1. The molecule has 1 aliphatic rings. The molecule has 0 bridgehead atoms. The number of hydrogen-bond acceptors (Lipinski definition) is 4. The first-order chi connectivity index (χ1) is 10.2. The van der Waals surface area contributed by atoms with Gasteiger partial charge in [0.15, 0.2) is 0 Å². The lowest BCUT2D eigenvalue weighted by molar-refractivity contribution is -0.147. The van der Waals surface area contributed by atoms with Crippen molar-refractivity contribution in [3.63, 3.8) is 0 Å². The van der Waals surface area contributed by atoms with Gasteiger partial charge in [-0.2, -0.15) is 0 Å². The number of nitrogens with zero attached hydrogens (tertiary/aromatic N) is 1. The van der Waals surface area contributed by atoms with E-state index in [2.05, 4.69) is 5.32 Å². The van der Waals surface area contributed by atoms with Crippen LogP contribution in [0.4, 0.5) is 0 Å². The number of ether oxygens (including phenoxy) is 1. The van der Waals surface area contributed by atoms with Crippen LogP contribution < -0.4 is 11.1 Å². The number of carbonyl (C=O) groups excluding carboxylic acids is 2. The molecule has 6 nitrogen and oxygen atoms in total. The molecule has 1 fully saturated rings. The summed E-state index contributed by atoms with van der Waals surface area (Å²) in [7, 11) is 1.56. The maximum Gasteiger partial charge on any atom is 0.244 e. The predicted octanol–water partition coefficient (Wildman–Crippen LogP) is -0.339. The van der Waals surface area contributed by atoms with E-state index in [0.29, 0.717) is 19.7 Å². The van der Waals surface area contributed by atoms with Crippen molar-refractivity contribution in [1.29, 1.82) is 0 Å².